The van der Waals surface area contributed by atoms with Gasteiger partial charge in [0, 0.05) is 37.0 Å². The minimum Gasteiger partial charge on any atom is -0.359 e. The normalized spacial score (nSPS) is 27.4. The summed E-state index contributed by atoms with van der Waals surface area (Å²) in [7, 11) is 2.25. The molecule has 1 fully saturated rings. The molecule has 0 unspecified atom stereocenters. The van der Waals surface area contributed by atoms with Gasteiger partial charge in [-0.3, -0.25) is 0 Å². The van der Waals surface area contributed by atoms with Gasteiger partial charge in [-0.15, -0.1) is 0 Å². The van der Waals surface area contributed by atoms with Crippen molar-refractivity contribution in [2.75, 3.05) is 11.9 Å². The van der Waals surface area contributed by atoms with Crippen LogP contribution in [-0.4, -0.2) is 18.1 Å². The second-order valence-electron chi connectivity index (χ2n) is 9.52. The summed E-state index contributed by atoms with van der Waals surface area (Å²) in [5.74, 6) is 1.57. The molecular weight excluding hydrogens is 340 g/mol. The van der Waals surface area contributed by atoms with Crippen molar-refractivity contribution in [3.8, 4) is 11.1 Å². The zero-order chi connectivity index (χ0) is 19.0. The molecular formula is C26H30N2. The van der Waals surface area contributed by atoms with E-state index >= 15 is 0 Å². The number of hydrogen-bond acceptors (Lipinski definition) is 2. The number of allylic oxidation sites excluding steroid dienone is 1. The Kier molecular flexibility index (Phi) is 3.51. The van der Waals surface area contributed by atoms with Crippen molar-refractivity contribution in [3.05, 3.63) is 64.5 Å². The van der Waals surface area contributed by atoms with Crippen LogP contribution in [0.4, 0.5) is 5.69 Å². The fourth-order valence-electron chi connectivity index (χ4n) is 6.35. The van der Waals surface area contributed by atoms with E-state index in [1.54, 1.807) is 22.4 Å². The van der Waals surface area contributed by atoms with Crippen molar-refractivity contribution < 1.29 is 0 Å². The fourth-order valence-corrected chi connectivity index (χ4v) is 6.35. The first-order chi connectivity index (χ1) is 13.6. The van der Waals surface area contributed by atoms with Gasteiger partial charge in [0.05, 0.1) is 0 Å². The Morgan fingerprint density at radius 3 is 2.54 bits per heavy atom. The molecule has 2 aromatic rings. The van der Waals surface area contributed by atoms with E-state index in [1.165, 1.54) is 54.5 Å². The van der Waals surface area contributed by atoms with Gasteiger partial charge in [0.15, 0.2) is 0 Å². The van der Waals surface area contributed by atoms with Crippen LogP contribution in [0.15, 0.2) is 42.2 Å². The number of anilines is 1. The molecule has 2 nitrogen and oxygen atoms in total. The van der Waals surface area contributed by atoms with Gasteiger partial charge in [-0.05, 0) is 85.3 Å². The van der Waals surface area contributed by atoms with Gasteiger partial charge in [-0.2, -0.15) is 0 Å². The molecule has 28 heavy (non-hydrogen) atoms. The topological polar surface area (TPSA) is 6.48 Å². The molecule has 0 radical (unpaired) electrons. The molecule has 3 heterocycles. The molecule has 0 saturated heterocycles. The first-order valence-corrected chi connectivity index (χ1v) is 11.1. The van der Waals surface area contributed by atoms with Crippen LogP contribution in [0.5, 0.6) is 0 Å². The predicted octanol–water partition coefficient (Wildman–Crippen LogP) is 5.87. The van der Waals surface area contributed by atoms with Crippen LogP contribution >= 0.6 is 0 Å². The smallest absolute Gasteiger partial charge is 0.102 e. The Bertz CT molecular complexity index is 994. The highest BCUT2D eigenvalue weighted by Gasteiger charge is 2.38. The SMILES string of the molecule is Cc1ccc2c3c1N1C(=CN(C)[C@@H]1C)C1CCC(CC1)Cc1cccc-2c1C3. The maximum Gasteiger partial charge on any atom is 0.102 e. The molecule has 0 spiro atoms. The number of aryl methyl sites for hydroxylation is 1. The maximum absolute atomic E-state index is 2.70. The molecule has 2 aliphatic carbocycles. The lowest BCUT2D eigenvalue weighted by Gasteiger charge is -2.38. The highest BCUT2D eigenvalue weighted by Crippen LogP contribution is 2.50. The summed E-state index contributed by atoms with van der Waals surface area (Å²) in [5, 5.41) is 0. The summed E-state index contributed by atoms with van der Waals surface area (Å²) >= 11 is 0. The molecule has 7 rings (SSSR count). The van der Waals surface area contributed by atoms with E-state index in [9.17, 15) is 0 Å². The van der Waals surface area contributed by atoms with E-state index in [4.69, 9.17) is 0 Å². The number of rotatable bonds is 0. The molecule has 3 aliphatic heterocycles. The second kappa shape index (κ2) is 5.89. The van der Waals surface area contributed by atoms with Crippen LogP contribution in [0, 0.1) is 18.8 Å². The van der Waals surface area contributed by atoms with E-state index in [2.05, 4.69) is 67.2 Å². The third kappa shape index (κ3) is 2.21. The largest absolute Gasteiger partial charge is 0.359 e. The van der Waals surface area contributed by atoms with Crippen molar-refractivity contribution in [1.29, 1.82) is 0 Å². The monoisotopic (exact) mass is 370 g/mol. The van der Waals surface area contributed by atoms with Crippen LogP contribution in [0.3, 0.4) is 0 Å². The third-order valence-electron chi connectivity index (χ3n) is 7.99. The van der Waals surface area contributed by atoms with Gasteiger partial charge in [-0.25, -0.2) is 0 Å². The second-order valence-corrected chi connectivity index (χ2v) is 9.52. The average Bonchev–Trinajstić information content (AvgIpc) is 3.21. The Balaban J connectivity index is 1.63. The van der Waals surface area contributed by atoms with Crippen molar-refractivity contribution >= 4 is 5.69 Å². The standard InChI is InChI=1S/C26H30N2/c1-16-7-12-22-21-6-4-5-20-13-18-8-10-19(11-9-18)25-15-27(3)17(2)28(25)26(16)24(22)14-23(20)21/h4-7,12,15,17-19H,8-11,13-14H2,1-3H3/t17-,18?,19?/m0/s1. The van der Waals surface area contributed by atoms with Crippen LogP contribution < -0.4 is 4.90 Å². The predicted molar refractivity (Wildman–Crippen MR) is 116 cm³/mol. The maximum atomic E-state index is 2.70. The quantitative estimate of drug-likeness (QED) is 0.488. The van der Waals surface area contributed by atoms with Crippen molar-refractivity contribution in [2.24, 2.45) is 11.8 Å². The van der Waals surface area contributed by atoms with Gasteiger partial charge in [0.1, 0.15) is 6.17 Å². The Hall–Kier alpha value is -2.22. The van der Waals surface area contributed by atoms with E-state index in [1.807, 2.05) is 0 Å². The molecule has 1 atom stereocenters. The molecule has 1 saturated carbocycles. The highest BCUT2D eigenvalue weighted by molar-refractivity contribution is 5.85. The van der Waals surface area contributed by atoms with Gasteiger partial charge in [-0.1, -0.05) is 30.3 Å². The van der Waals surface area contributed by atoms with E-state index in [0.717, 1.165) is 12.3 Å². The van der Waals surface area contributed by atoms with E-state index in [-0.39, 0.29) is 0 Å². The summed E-state index contributed by atoms with van der Waals surface area (Å²) in [5.41, 5.74) is 12.2. The van der Waals surface area contributed by atoms with Crippen molar-refractivity contribution in [1.82, 2.24) is 4.90 Å². The molecule has 2 heteroatoms. The number of benzene rings is 2. The van der Waals surface area contributed by atoms with Gasteiger partial charge in [0.2, 0.25) is 0 Å². The summed E-state index contributed by atoms with van der Waals surface area (Å²) in [4.78, 5) is 5.12. The molecule has 2 aromatic carbocycles. The number of fused-ring (bicyclic) bond motifs is 3. The molecule has 0 N–H and O–H groups in total. The van der Waals surface area contributed by atoms with E-state index in [0.29, 0.717) is 12.1 Å². The lowest BCUT2D eigenvalue weighted by molar-refractivity contribution is 0.296. The fraction of sp³-hybridized carbons (Fsp3) is 0.462. The van der Waals surface area contributed by atoms with Crippen LogP contribution in [0.1, 0.15) is 54.9 Å². The van der Waals surface area contributed by atoms with Gasteiger partial charge < -0.3 is 9.80 Å². The summed E-state index contributed by atoms with van der Waals surface area (Å²) < 4.78 is 0. The minimum absolute atomic E-state index is 0.393. The first-order valence-electron chi connectivity index (χ1n) is 11.1. The van der Waals surface area contributed by atoms with Crippen LogP contribution in [0.25, 0.3) is 11.1 Å². The molecule has 5 aliphatic rings. The van der Waals surface area contributed by atoms with Gasteiger partial charge in [0.25, 0.3) is 0 Å². The van der Waals surface area contributed by atoms with Gasteiger partial charge >= 0.3 is 0 Å². The zero-order valence-electron chi connectivity index (χ0n) is 17.3. The molecule has 0 amide bonds. The summed E-state index contributed by atoms with van der Waals surface area (Å²) in [6, 6.07) is 11.8. The van der Waals surface area contributed by atoms with E-state index < -0.39 is 0 Å². The Morgan fingerprint density at radius 2 is 1.71 bits per heavy atom. The minimum atomic E-state index is 0.393. The number of nitrogens with zero attached hydrogens (tertiary/aromatic N) is 2. The van der Waals surface area contributed by atoms with Crippen molar-refractivity contribution in [2.45, 2.75) is 58.5 Å². The molecule has 0 aromatic heterocycles. The lowest BCUT2D eigenvalue weighted by atomic mass is 9.77. The third-order valence-corrected chi connectivity index (χ3v) is 7.99. The first kappa shape index (κ1) is 16.7. The van der Waals surface area contributed by atoms with Crippen LogP contribution in [-0.2, 0) is 12.8 Å². The lowest BCUT2D eigenvalue weighted by Crippen LogP contribution is -2.38. The Labute approximate surface area is 168 Å². The summed E-state index contributed by atoms with van der Waals surface area (Å²) in [6.45, 7) is 4.68. The van der Waals surface area contributed by atoms with Crippen LogP contribution in [0.2, 0.25) is 0 Å². The zero-order valence-corrected chi connectivity index (χ0v) is 17.3. The van der Waals surface area contributed by atoms with Crippen molar-refractivity contribution in [3.63, 3.8) is 0 Å². The molecule has 144 valence electrons. The highest BCUT2D eigenvalue weighted by atomic mass is 15.4. The molecule has 4 bridgehead atoms. The summed E-state index contributed by atoms with van der Waals surface area (Å²) in [6.07, 6.45) is 10.7. The Morgan fingerprint density at radius 1 is 0.929 bits per heavy atom. The average molecular weight is 371 g/mol. The number of hydrogen-bond donors (Lipinski definition) is 0.